The molecular weight excluding hydrogens is 132 g/mol. The van der Waals surface area contributed by atoms with E-state index in [1.807, 2.05) is 23.6 Å². The molecule has 1 nitrogen and oxygen atoms in total. The minimum absolute atomic E-state index is 0.382. The van der Waals surface area contributed by atoms with Gasteiger partial charge in [0.1, 0.15) is 6.29 Å². The second-order valence-corrected chi connectivity index (χ2v) is 2.94. The van der Waals surface area contributed by atoms with Crippen LogP contribution in [0.5, 0.6) is 0 Å². The van der Waals surface area contributed by atoms with Crippen molar-refractivity contribution < 1.29 is 4.79 Å². The Morgan fingerprint density at radius 1 is 1.56 bits per heavy atom. The van der Waals surface area contributed by atoms with E-state index >= 15 is 0 Å². The van der Waals surface area contributed by atoms with Crippen LogP contribution in [0.3, 0.4) is 0 Å². The van der Waals surface area contributed by atoms with Crippen molar-refractivity contribution in [2.75, 3.05) is 0 Å². The first-order chi connectivity index (χ1) is 4.43. The van der Waals surface area contributed by atoms with Crippen LogP contribution in [0.15, 0.2) is 23.6 Å². The summed E-state index contributed by atoms with van der Waals surface area (Å²) in [6, 6.07) is 0. The number of carbonyl (C=O) groups excluding carboxylic acids is 1. The van der Waals surface area contributed by atoms with Crippen LogP contribution >= 0.6 is 11.8 Å². The molecule has 1 rings (SSSR count). The largest absolute Gasteiger partial charge is 0.303 e. The summed E-state index contributed by atoms with van der Waals surface area (Å²) in [6.45, 7) is 0. The molecular formula is C7H8OS. The molecule has 0 aromatic rings. The Balaban J connectivity index is 2.36. The predicted octanol–water partition coefficient (Wildman–Crippen LogP) is 1.76. The first kappa shape index (κ1) is 6.62. The topological polar surface area (TPSA) is 17.1 Å². The smallest absolute Gasteiger partial charge is 0.121 e. The van der Waals surface area contributed by atoms with Gasteiger partial charge in [-0.1, -0.05) is 18.2 Å². The van der Waals surface area contributed by atoms with Crippen LogP contribution in [0.1, 0.15) is 6.42 Å². The molecule has 0 bridgehead atoms. The lowest BCUT2D eigenvalue weighted by atomic mass is 10.3. The van der Waals surface area contributed by atoms with E-state index in [0.717, 1.165) is 6.29 Å². The lowest BCUT2D eigenvalue weighted by molar-refractivity contribution is -0.107. The summed E-state index contributed by atoms with van der Waals surface area (Å²) in [6.07, 6.45) is 7.59. The second-order valence-electron chi connectivity index (χ2n) is 1.79. The standard InChI is InChI=1S/C7H8OS/c8-5-4-7-3-1-2-6-9-7/h1-3,5-7H,4H2. The van der Waals surface area contributed by atoms with Crippen molar-refractivity contribution >= 4 is 18.0 Å². The highest BCUT2D eigenvalue weighted by molar-refractivity contribution is 8.02. The number of rotatable bonds is 2. The molecule has 1 heterocycles. The Morgan fingerprint density at radius 2 is 2.44 bits per heavy atom. The van der Waals surface area contributed by atoms with Crippen LogP contribution < -0.4 is 0 Å². The molecule has 0 aliphatic carbocycles. The Kier molecular flexibility index (Phi) is 2.58. The van der Waals surface area contributed by atoms with E-state index in [9.17, 15) is 4.79 Å². The third kappa shape index (κ3) is 2.06. The van der Waals surface area contributed by atoms with Crippen molar-refractivity contribution in [1.29, 1.82) is 0 Å². The van der Waals surface area contributed by atoms with E-state index in [4.69, 9.17) is 0 Å². The first-order valence-electron chi connectivity index (χ1n) is 2.86. The van der Waals surface area contributed by atoms with E-state index in [-0.39, 0.29) is 0 Å². The minimum atomic E-state index is 0.382. The van der Waals surface area contributed by atoms with Gasteiger partial charge in [-0.05, 0) is 5.41 Å². The van der Waals surface area contributed by atoms with E-state index in [2.05, 4.69) is 0 Å². The highest BCUT2D eigenvalue weighted by Gasteiger charge is 2.02. The molecule has 9 heavy (non-hydrogen) atoms. The Bertz CT molecular complexity index is 147. The molecule has 1 atom stereocenters. The van der Waals surface area contributed by atoms with Crippen molar-refractivity contribution in [2.24, 2.45) is 0 Å². The summed E-state index contributed by atoms with van der Waals surface area (Å²) >= 11 is 1.69. The second kappa shape index (κ2) is 3.51. The van der Waals surface area contributed by atoms with Crippen molar-refractivity contribution in [3.63, 3.8) is 0 Å². The summed E-state index contributed by atoms with van der Waals surface area (Å²) in [4.78, 5) is 10.0. The number of hydrogen-bond acceptors (Lipinski definition) is 2. The molecule has 2 heteroatoms. The summed E-state index contributed by atoms with van der Waals surface area (Å²) in [5, 5.41) is 2.39. The van der Waals surface area contributed by atoms with Crippen LogP contribution in [-0.2, 0) is 4.79 Å². The molecule has 0 saturated heterocycles. The molecule has 1 aliphatic heterocycles. The molecule has 0 spiro atoms. The summed E-state index contributed by atoms with van der Waals surface area (Å²) < 4.78 is 0. The highest BCUT2D eigenvalue weighted by Crippen LogP contribution is 2.19. The molecule has 1 aliphatic rings. The van der Waals surface area contributed by atoms with E-state index < -0.39 is 0 Å². The van der Waals surface area contributed by atoms with Gasteiger partial charge in [-0.15, -0.1) is 11.8 Å². The van der Waals surface area contributed by atoms with Gasteiger partial charge in [0.05, 0.1) is 0 Å². The van der Waals surface area contributed by atoms with Crippen LogP contribution in [0.25, 0.3) is 0 Å². The Hall–Kier alpha value is -0.500. The molecule has 0 amide bonds. The third-order valence-corrected chi connectivity index (χ3v) is 2.11. The van der Waals surface area contributed by atoms with E-state index in [1.54, 1.807) is 11.8 Å². The van der Waals surface area contributed by atoms with Gasteiger partial charge in [0.15, 0.2) is 0 Å². The van der Waals surface area contributed by atoms with Gasteiger partial charge in [-0.25, -0.2) is 0 Å². The molecule has 0 radical (unpaired) electrons. The zero-order chi connectivity index (χ0) is 6.53. The van der Waals surface area contributed by atoms with Gasteiger partial charge in [0.2, 0.25) is 0 Å². The molecule has 0 N–H and O–H groups in total. The lowest BCUT2D eigenvalue weighted by Gasteiger charge is -2.06. The van der Waals surface area contributed by atoms with Crippen LogP contribution in [0.4, 0.5) is 0 Å². The average molecular weight is 140 g/mol. The molecule has 0 fully saturated rings. The van der Waals surface area contributed by atoms with Crippen molar-refractivity contribution in [2.45, 2.75) is 11.7 Å². The first-order valence-corrected chi connectivity index (χ1v) is 3.80. The fraction of sp³-hybridized carbons (Fsp3) is 0.286. The SMILES string of the molecule is O=CCC1C=CC=CS1. The monoisotopic (exact) mass is 140 g/mol. The van der Waals surface area contributed by atoms with Crippen molar-refractivity contribution in [3.05, 3.63) is 23.6 Å². The zero-order valence-electron chi connectivity index (χ0n) is 4.99. The molecule has 0 aromatic heterocycles. The molecule has 0 aromatic carbocycles. The third-order valence-electron chi connectivity index (χ3n) is 1.10. The number of hydrogen-bond donors (Lipinski definition) is 0. The number of allylic oxidation sites excluding steroid dienone is 2. The highest BCUT2D eigenvalue weighted by atomic mass is 32.2. The van der Waals surface area contributed by atoms with E-state index in [1.165, 1.54) is 0 Å². The summed E-state index contributed by atoms with van der Waals surface area (Å²) in [5.41, 5.74) is 0. The van der Waals surface area contributed by atoms with Crippen LogP contribution in [0.2, 0.25) is 0 Å². The quantitative estimate of drug-likeness (QED) is 0.544. The van der Waals surface area contributed by atoms with Gasteiger partial charge in [-0.3, -0.25) is 0 Å². The van der Waals surface area contributed by atoms with Crippen LogP contribution in [-0.4, -0.2) is 11.5 Å². The predicted molar refractivity (Wildman–Crippen MR) is 40.3 cm³/mol. The lowest BCUT2D eigenvalue weighted by Crippen LogP contribution is -1.98. The summed E-state index contributed by atoms with van der Waals surface area (Å²) in [5.74, 6) is 0. The maximum atomic E-state index is 10.0. The fourth-order valence-electron chi connectivity index (χ4n) is 0.654. The summed E-state index contributed by atoms with van der Waals surface area (Å²) in [7, 11) is 0. The van der Waals surface area contributed by atoms with Gasteiger partial charge in [-0.2, -0.15) is 0 Å². The maximum absolute atomic E-state index is 10.0. The fourth-order valence-corrected chi connectivity index (χ4v) is 1.41. The Morgan fingerprint density at radius 3 is 3.00 bits per heavy atom. The van der Waals surface area contributed by atoms with Gasteiger partial charge in [0, 0.05) is 11.7 Å². The van der Waals surface area contributed by atoms with Gasteiger partial charge >= 0.3 is 0 Å². The van der Waals surface area contributed by atoms with E-state index in [0.29, 0.717) is 11.7 Å². The van der Waals surface area contributed by atoms with Crippen molar-refractivity contribution in [3.8, 4) is 0 Å². The maximum Gasteiger partial charge on any atom is 0.121 e. The molecule has 0 saturated carbocycles. The Labute approximate surface area is 58.8 Å². The van der Waals surface area contributed by atoms with Gasteiger partial charge in [0.25, 0.3) is 0 Å². The number of aldehydes is 1. The van der Waals surface area contributed by atoms with Crippen molar-refractivity contribution in [1.82, 2.24) is 0 Å². The molecule has 48 valence electrons. The van der Waals surface area contributed by atoms with Gasteiger partial charge < -0.3 is 4.79 Å². The zero-order valence-corrected chi connectivity index (χ0v) is 5.80. The number of thioether (sulfide) groups is 1. The molecule has 1 unspecified atom stereocenters. The van der Waals surface area contributed by atoms with Crippen LogP contribution in [0, 0.1) is 0 Å². The number of carbonyl (C=O) groups is 1. The average Bonchev–Trinajstić information content (AvgIpc) is 1.91. The normalized spacial score (nSPS) is 24.2. The minimum Gasteiger partial charge on any atom is -0.303 e.